The molecule has 122 valence electrons. The quantitative estimate of drug-likeness (QED) is 0.608. The standard InChI is InChI=1S/C21H21NOS/c1-14-5-9-18(10-6-14)22(4)21(23)20-12-11-19(24-20)17-8-7-15(2)16(3)13-17/h5-13H,1-4H3. The van der Waals surface area contributed by atoms with Crippen LogP contribution >= 0.6 is 11.3 Å². The van der Waals surface area contributed by atoms with Gasteiger partial charge in [0.1, 0.15) is 0 Å². The van der Waals surface area contributed by atoms with E-state index in [1.165, 1.54) is 22.3 Å². The van der Waals surface area contributed by atoms with E-state index in [1.807, 2.05) is 50.4 Å². The average Bonchev–Trinajstić information content (AvgIpc) is 3.07. The summed E-state index contributed by atoms with van der Waals surface area (Å²) in [6, 6.07) is 18.4. The van der Waals surface area contributed by atoms with Crippen LogP contribution in [0.2, 0.25) is 0 Å². The van der Waals surface area contributed by atoms with Crippen LogP contribution in [0.4, 0.5) is 5.69 Å². The molecule has 0 fully saturated rings. The largest absolute Gasteiger partial charge is 0.311 e. The topological polar surface area (TPSA) is 20.3 Å². The molecule has 3 aromatic rings. The smallest absolute Gasteiger partial charge is 0.268 e. The van der Waals surface area contributed by atoms with Gasteiger partial charge in [-0.2, -0.15) is 0 Å². The van der Waals surface area contributed by atoms with Crippen molar-refractivity contribution in [2.24, 2.45) is 0 Å². The third-order valence-corrected chi connectivity index (χ3v) is 5.46. The maximum absolute atomic E-state index is 12.7. The summed E-state index contributed by atoms with van der Waals surface area (Å²) >= 11 is 1.54. The SMILES string of the molecule is Cc1ccc(N(C)C(=O)c2ccc(-c3ccc(C)c(C)c3)s2)cc1. The molecule has 0 aliphatic carbocycles. The fourth-order valence-electron chi connectivity index (χ4n) is 2.55. The number of hydrogen-bond donors (Lipinski definition) is 0. The predicted molar refractivity (Wildman–Crippen MR) is 103 cm³/mol. The number of carbonyl (C=O) groups excluding carboxylic acids is 1. The van der Waals surface area contributed by atoms with Gasteiger partial charge in [-0.15, -0.1) is 11.3 Å². The van der Waals surface area contributed by atoms with Gasteiger partial charge in [-0.05, 0) is 61.7 Å². The lowest BCUT2D eigenvalue weighted by Crippen LogP contribution is -2.25. The Morgan fingerprint density at radius 2 is 1.58 bits per heavy atom. The first-order chi connectivity index (χ1) is 11.5. The zero-order valence-corrected chi connectivity index (χ0v) is 15.3. The summed E-state index contributed by atoms with van der Waals surface area (Å²) in [5.74, 6) is 0.0268. The van der Waals surface area contributed by atoms with Gasteiger partial charge in [-0.1, -0.05) is 35.9 Å². The van der Waals surface area contributed by atoms with Crippen LogP contribution in [0.1, 0.15) is 26.4 Å². The minimum Gasteiger partial charge on any atom is -0.311 e. The van der Waals surface area contributed by atoms with Crippen molar-refractivity contribution in [2.75, 3.05) is 11.9 Å². The van der Waals surface area contributed by atoms with E-state index < -0.39 is 0 Å². The molecule has 2 aromatic carbocycles. The molecule has 1 amide bonds. The highest BCUT2D eigenvalue weighted by Gasteiger charge is 2.16. The number of rotatable bonds is 3. The fourth-order valence-corrected chi connectivity index (χ4v) is 3.53. The monoisotopic (exact) mass is 335 g/mol. The summed E-state index contributed by atoms with van der Waals surface area (Å²) in [6.07, 6.45) is 0. The molecular weight excluding hydrogens is 314 g/mol. The first-order valence-electron chi connectivity index (χ1n) is 7.98. The molecule has 1 heterocycles. The molecule has 0 N–H and O–H groups in total. The number of aryl methyl sites for hydroxylation is 3. The van der Waals surface area contributed by atoms with Gasteiger partial charge in [0.15, 0.2) is 0 Å². The fraction of sp³-hybridized carbons (Fsp3) is 0.190. The van der Waals surface area contributed by atoms with Crippen LogP contribution in [0.5, 0.6) is 0 Å². The van der Waals surface area contributed by atoms with E-state index >= 15 is 0 Å². The van der Waals surface area contributed by atoms with Gasteiger partial charge in [-0.3, -0.25) is 4.79 Å². The van der Waals surface area contributed by atoms with Crippen LogP contribution in [0.15, 0.2) is 54.6 Å². The van der Waals surface area contributed by atoms with Gasteiger partial charge >= 0.3 is 0 Å². The molecule has 24 heavy (non-hydrogen) atoms. The Morgan fingerprint density at radius 1 is 0.875 bits per heavy atom. The Balaban J connectivity index is 1.85. The molecule has 0 unspecified atom stereocenters. The molecule has 2 nitrogen and oxygen atoms in total. The Bertz CT molecular complexity index is 877. The van der Waals surface area contributed by atoms with Crippen molar-refractivity contribution in [1.82, 2.24) is 0 Å². The van der Waals surface area contributed by atoms with Crippen molar-refractivity contribution in [3.05, 3.63) is 76.2 Å². The van der Waals surface area contributed by atoms with Gasteiger partial charge in [0.25, 0.3) is 5.91 Å². The van der Waals surface area contributed by atoms with Crippen LogP contribution in [0.25, 0.3) is 10.4 Å². The van der Waals surface area contributed by atoms with Gasteiger partial charge in [0.05, 0.1) is 4.88 Å². The summed E-state index contributed by atoms with van der Waals surface area (Å²) in [4.78, 5) is 16.3. The summed E-state index contributed by atoms with van der Waals surface area (Å²) in [5, 5.41) is 0. The molecule has 0 radical (unpaired) electrons. The lowest BCUT2D eigenvalue weighted by Gasteiger charge is -2.16. The number of thiophene rings is 1. The number of nitrogens with zero attached hydrogens (tertiary/aromatic N) is 1. The Labute approximate surface area is 147 Å². The molecule has 0 atom stereocenters. The minimum absolute atomic E-state index is 0.0268. The molecule has 3 heteroatoms. The van der Waals surface area contributed by atoms with Gasteiger partial charge in [0.2, 0.25) is 0 Å². The Kier molecular flexibility index (Phi) is 4.54. The van der Waals surface area contributed by atoms with E-state index in [9.17, 15) is 4.79 Å². The van der Waals surface area contributed by atoms with Crippen LogP contribution in [-0.2, 0) is 0 Å². The zero-order valence-electron chi connectivity index (χ0n) is 14.5. The molecule has 1 aromatic heterocycles. The minimum atomic E-state index is 0.0268. The van der Waals surface area contributed by atoms with E-state index in [-0.39, 0.29) is 5.91 Å². The van der Waals surface area contributed by atoms with Crippen molar-refractivity contribution in [3.8, 4) is 10.4 Å². The number of amides is 1. The number of carbonyl (C=O) groups is 1. The van der Waals surface area contributed by atoms with E-state index in [0.29, 0.717) is 0 Å². The molecular formula is C21H21NOS. The molecule has 0 saturated carbocycles. The normalized spacial score (nSPS) is 10.7. The van der Waals surface area contributed by atoms with Crippen molar-refractivity contribution < 1.29 is 4.79 Å². The second-order valence-corrected chi connectivity index (χ2v) is 7.25. The van der Waals surface area contributed by atoms with Crippen LogP contribution < -0.4 is 4.90 Å². The van der Waals surface area contributed by atoms with Crippen molar-refractivity contribution in [3.63, 3.8) is 0 Å². The van der Waals surface area contributed by atoms with Gasteiger partial charge in [-0.25, -0.2) is 0 Å². The number of hydrogen-bond acceptors (Lipinski definition) is 2. The highest BCUT2D eigenvalue weighted by atomic mass is 32.1. The molecule has 0 bridgehead atoms. The average molecular weight is 335 g/mol. The molecule has 0 saturated heterocycles. The van der Waals surface area contributed by atoms with E-state index in [2.05, 4.69) is 32.0 Å². The summed E-state index contributed by atoms with van der Waals surface area (Å²) in [6.45, 7) is 6.27. The van der Waals surface area contributed by atoms with Gasteiger partial charge < -0.3 is 4.90 Å². The van der Waals surface area contributed by atoms with Crippen molar-refractivity contribution in [1.29, 1.82) is 0 Å². The maximum Gasteiger partial charge on any atom is 0.268 e. The Morgan fingerprint density at radius 3 is 2.25 bits per heavy atom. The second-order valence-electron chi connectivity index (χ2n) is 6.16. The second kappa shape index (κ2) is 6.62. The van der Waals surface area contributed by atoms with Crippen LogP contribution in [0.3, 0.4) is 0 Å². The van der Waals surface area contributed by atoms with E-state index in [1.54, 1.807) is 16.2 Å². The maximum atomic E-state index is 12.7. The molecule has 0 spiro atoms. The lowest BCUT2D eigenvalue weighted by atomic mass is 10.1. The first kappa shape index (κ1) is 16.5. The molecule has 0 aliphatic heterocycles. The third-order valence-electron chi connectivity index (χ3n) is 4.33. The van der Waals surface area contributed by atoms with Crippen molar-refractivity contribution in [2.45, 2.75) is 20.8 Å². The van der Waals surface area contributed by atoms with Crippen molar-refractivity contribution >= 4 is 22.9 Å². The third kappa shape index (κ3) is 3.26. The first-order valence-corrected chi connectivity index (χ1v) is 8.79. The zero-order chi connectivity index (χ0) is 17.3. The van der Waals surface area contributed by atoms with Crippen LogP contribution in [-0.4, -0.2) is 13.0 Å². The predicted octanol–water partition coefficient (Wildman–Crippen LogP) is 5.62. The summed E-state index contributed by atoms with van der Waals surface area (Å²) < 4.78 is 0. The van der Waals surface area contributed by atoms with E-state index in [0.717, 1.165) is 15.4 Å². The summed E-state index contributed by atoms with van der Waals surface area (Å²) in [5.41, 5.74) is 5.82. The number of anilines is 1. The molecule has 0 aliphatic rings. The molecule has 3 rings (SSSR count). The van der Waals surface area contributed by atoms with Crippen LogP contribution in [0, 0.1) is 20.8 Å². The lowest BCUT2D eigenvalue weighted by molar-refractivity contribution is 0.0997. The summed E-state index contributed by atoms with van der Waals surface area (Å²) in [7, 11) is 1.82. The highest BCUT2D eigenvalue weighted by molar-refractivity contribution is 7.17. The van der Waals surface area contributed by atoms with E-state index in [4.69, 9.17) is 0 Å². The highest BCUT2D eigenvalue weighted by Crippen LogP contribution is 2.30. The van der Waals surface area contributed by atoms with Gasteiger partial charge in [0, 0.05) is 17.6 Å². The number of benzene rings is 2. The Hall–Kier alpha value is -2.39.